The van der Waals surface area contributed by atoms with Crippen LogP contribution in [0.2, 0.25) is 0 Å². The zero-order valence-electron chi connectivity index (χ0n) is 16.7. The van der Waals surface area contributed by atoms with Crippen molar-refractivity contribution in [3.05, 3.63) is 71.9 Å². The molecule has 29 heavy (non-hydrogen) atoms. The van der Waals surface area contributed by atoms with Crippen LogP contribution in [-0.2, 0) is 9.53 Å². The van der Waals surface area contributed by atoms with Crippen molar-refractivity contribution >= 4 is 28.5 Å². The van der Waals surface area contributed by atoms with E-state index >= 15 is 0 Å². The highest BCUT2D eigenvalue weighted by molar-refractivity contribution is 6.03. The molecule has 1 heterocycles. The van der Waals surface area contributed by atoms with Gasteiger partial charge in [0.2, 0.25) is 0 Å². The first kappa shape index (κ1) is 20.3. The first-order valence-electron chi connectivity index (χ1n) is 9.67. The van der Waals surface area contributed by atoms with Crippen molar-refractivity contribution in [1.82, 2.24) is 10.3 Å². The summed E-state index contributed by atoms with van der Waals surface area (Å²) in [7, 11) is 0. The number of benzene rings is 2. The summed E-state index contributed by atoms with van der Waals surface area (Å²) < 4.78 is 5.18. The average Bonchev–Trinajstić information content (AvgIpc) is 2.74. The summed E-state index contributed by atoms with van der Waals surface area (Å²) in [4.78, 5) is 30.9. The number of pyridine rings is 1. The van der Waals surface area contributed by atoms with Gasteiger partial charge in [-0.15, -0.1) is 0 Å². The number of amides is 1. The molecule has 0 fully saturated rings. The minimum atomic E-state index is -0.556. The second kappa shape index (κ2) is 9.68. The molecule has 0 aliphatic rings. The second-order valence-electron chi connectivity index (χ2n) is 6.73. The lowest BCUT2D eigenvalue weighted by molar-refractivity contribution is -0.124. The minimum Gasteiger partial charge on any atom is -0.452 e. The Bertz CT molecular complexity index is 998. The summed E-state index contributed by atoms with van der Waals surface area (Å²) in [6, 6.07) is 17.2. The van der Waals surface area contributed by atoms with Crippen LogP contribution in [-0.4, -0.2) is 43.1 Å². The summed E-state index contributed by atoms with van der Waals surface area (Å²) in [6.07, 6.45) is 1.62. The van der Waals surface area contributed by atoms with Crippen LogP contribution in [0.3, 0.4) is 0 Å². The van der Waals surface area contributed by atoms with Crippen LogP contribution in [0.5, 0.6) is 0 Å². The standard InChI is InChI=1S/C23H25N3O3/c1-3-26(19-10-4-7-17(2)15-19)14-13-24-21(27)16-29-23(28)20-11-5-8-18-9-6-12-25-22(18)20/h4-12,15H,3,13-14,16H2,1-2H3,(H,24,27). The van der Waals surface area contributed by atoms with Gasteiger partial charge in [-0.3, -0.25) is 9.78 Å². The van der Waals surface area contributed by atoms with Crippen LogP contribution in [0.4, 0.5) is 5.69 Å². The number of fused-ring (bicyclic) bond motifs is 1. The van der Waals surface area contributed by atoms with E-state index in [1.165, 1.54) is 5.56 Å². The van der Waals surface area contributed by atoms with Gasteiger partial charge in [-0.25, -0.2) is 4.79 Å². The summed E-state index contributed by atoms with van der Waals surface area (Å²) in [5, 5.41) is 3.65. The fourth-order valence-electron chi connectivity index (χ4n) is 3.15. The minimum absolute atomic E-state index is 0.321. The molecule has 1 aromatic heterocycles. The van der Waals surface area contributed by atoms with Crippen molar-refractivity contribution in [2.75, 3.05) is 31.1 Å². The van der Waals surface area contributed by atoms with Crippen molar-refractivity contribution in [2.24, 2.45) is 0 Å². The Morgan fingerprint density at radius 3 is 2.69 bits per heavy atom. The topological polar surface area (TPSA) is 71.5 Å². The number of nitrogens with zero attached hydrogens (tertiary/aromatic N) is 2. The molecule has 0 radical (unpaired) electrons. The van der Waals surface area contributed by atoms with Gasteiger partial charge in [0.1, 0.15) is 0 Å². The number of aromatic nitrogens is 1. The summed E-state index contributed by atoms with van der Waals surface area (Å²) in [5.41, 5.74) is 3.24. The van der Waals surface area contributed by atoms with E-state index in [0.717, 1.165) is 17.6 Å². The number of likely N-dealkylation sites (N-methyl/N-ethyl adjacent to an activating group) is 1. The van der Waals surface area contributed by atoms with E-state index in [1.807, 2.05) is 18.2 Å². The quantitative estimate of drug-likeness (QED) is 0.596. The predicted octanol–water partition coefficient (Wildman–Crippen LogP) is 3.34. The number of esters is 1. The molecule has 150 valence electrons. The summed E-state index contributed by atoms with van der Waals surface area (Å²) >= 11 is 0. The van der Waals surface area contributed by atoms with Crippen LogP contribution in [0.1, 0.15) is 22.8 Å². The van der Waals surface area contributed by atoms with E-state index in [2.05, 4.69) is 47.2 Å². The number of rotatable bonds is 8. The largest absolute Gasteiger partial charge is 0.452 e. The molecule has 3 aromatic rings. The highest BCUT2D eigenvalue weighted by Crippen LogP contribution is 2.17. The Morgan fingerprint density at radius 2 is 1.90 bits per heavy atom. The van der Waals surface area contributed by atoms with Crippen LogP contribution < -0.4 is 10.2 Å². The van der Waals surface area contributed by atoms with Crippen molar-refractivity contribution in [1.29, 1.82) is 0 Å². The highest BCUT2D eigenvalue weighted by atomic mass is 16.5. The first-order valence-corrected chi connectivity index (χ1v) is 9.67. The molecule has 3 rings (SSSR count). The number of hydrogen-bond donors (Lipinski definition) is 1. The lowest BCUT2D eigenvalue weighted by atomic mass is 10.1. The maximum atomic E-state index is 12.4. The number of aryl methyl sites for hydroxylation is 1. The molecule has 0 saturated carbocycles. The van der Waals surface area contributed by atoms with Crippen molar-refractivity contribution in [3.8, 4) is 0 Å². The maximum absolute atomic E-state index is 12.4. The Kier molecular flexibility index (Phi) is 6.79. The van der Waals surface area contributed by atoms with Crippen LogP contribution in [0, 0.1) is 6.92 Å². The zero-order chi connectivity index (χ0) is 20.6. The van der Waals surface area contributed by atoms with Gasteiger partial charge in [0.25, 0.3) is 5.91 Å². The van der Waals surface area contributed by atoms with E-state index in [4.69, 9.17) is 4.74 Å². The molecule has 0 bridgehead atoms. The molecular weight excluding hydrogens is 366 g/mol. The molecule has 0 aliphatic carbocycles. The van der Waals surface area contributed by atoms with E-state index < -0.39 is 5.97 Å². The molecule has 0 atom stereocenters. The van der Waals surface area contributed by atoms with Gasteiger partial charge in [0.15, 0.2) is 6.61 Å². The van der Waals surface area contributed by atoms with Crippen LogP contribution in [0.15, 0.2) is 60.8 Å². The molecule has 1 amide bonds. The molecule has 0 unspecified atom stereocenters. The van der Waals surface area contributed by atoms with Gasteiger partial charge < -0.3 is 15.0 Å². The van der Waals surface area contributed by atoms with E-state index in [1.54, 1.807) is 24.4 Å². The van der Waals surface area contributed by atoms with Gasteiger partial charge in [-0.2, -0.15) is 0 Å². The lowest BCUT2D eigenvalue weighted by Gasteiger charge is -2.23. The number of hydrogen-bond acceptors (Lipinski definition) is 5. The molecule has 0 aliphatic heterocycles. The lowest BCUT2D eigenvalue weighted by Crippen LogP contribution is -2.36. The van der Waals surface area contributed by atoms with Crippen molar-refractivity contribution in [2.45, 2.75) is 13.8 Å². The van der Waals surface area contributed by atoms with Crippen molar-refractivity contribution in [3.63, 3.8) is 0 Å². The molecular formula is C23H25N3O3. The van der Waals surface area contributed by atoms with Gasteiger partial charge in [-0.1, -0.05) is 30.3 Å². The second-order valence-corrected chi connectivity index (χ2v) is 6.73. The monoisotopic (exact) mass is 391 g/mol. The number of carbonyl (C=O) groups is 2. The fraction of sp³-hybridized carbons (Fsp3) is 0.261. The number of ether oxygens (including phenoxy) is 1. The fourth-order valence-corrected chi connectivity index (χ4v) is 3.15. The predicted molar refractivity (Wildman–Crippen MR) is 114 cm³/mol. The molecule has 0 spiro atoms. The molecule has 0 saturated heterocycles. The Morgan fingerprint density at radius 1 is 1.10 bits per heavy atom. The van der Waals surface area contributed by atoms with E-state index in [9.17, 15) is 9.59 Å². The van der Waals surface area contributed by atoms with Gasteiger partial charge in [-0.05, 0) is 43.7 Å². The maximum Gasteiger partial charge on any atom is 0.340 e. The SMILES string of the molecule is CCN(CCNC(=O)COC(=O)c1cccc2cccnc12)c1cccc(C)c1. The number of nitrogens with one attached hydrogen (secondary N) is 1. The molecule has 6 nitrogen and oxygen atoms in total. The van der Waals surface area contributed by atoms with Crippen LogP contribution >= 0.6 is 0 Å². The van der Waals surface area contributed by atoms with Gasteiger partial charge in [0.05, 0.1) is 11.1 Å². The third-order valence-electron chi connectivity index (χ3n) is 4.64. The van der Waals surface area contributed by atoms with E-state index in [-0.39, 0.29) is 12.5 Å². The Balaban J connectivity index is 1.49. The Hall–Kier alpha value is -3.41. The molecule has 1 N–H and O–H groups in total. The summed E-state index contributed by atoms with van der Waals surface area (Å²) in [5.74, 6) is -0.883. The van der Waals surface area contributed by atoms with Gasteiger partial charge in [0, 0.05) is 36.9 Å². The third kappa shape index (κ3) is 5.31. The van der Waals surface area contributed by atoms with E-state index in [0.29, 0.717) is 24.2 Å². The number of para-hydroxylation sites is 1. The Labute approximate surface area is 170 Å². The van der Waals surface area contributed by atoms with Crippen molar-refractivity contribution < 1.29 is 14.3 Å². The molecule has 2 aromatic carbocycles. The zero-order valence-corrected chi connectivity index (χ0v) is 16.7. The number of carbonyl (C=O) groups excluding carboxylic acids is 2. The molecule has 6 heteroatoms. The smallest absolute Gasteiger partial charge is 0.340 e. The number of anilines is 1. The normalized spacial score (nSPS) is 10.6. The highest BCUT2D eigenvalue weighted by Gasteiger charge is 2.14. The summed E-state index contributed by atoms with van der Waals surface area (Å²) in [6.45, 7) is 5.78. The van der Waals surface area contributed by atoms with Crippen LogP contribution in [0.25, 0.3) is 10.9 Å². The third-order valence-corrected chi connectivity index (χ3v) is 4.64. The first-order chi connectivity index (χ1) is 14.1. The average molecular weight is 391 g/mol. The van der Waals surface area contributed by atoms with Gasteiger partial charge >= 0.3 is 5.97 Å².